The first-order valence-electron chi connectivity index (χ1n) is 6.90. The van der Waals surface area contributed by atoms with Gasteiger partial charge in [0.25, 0.3) is 0 Å². The van der Waals surface area contributed by atoms with E-state index in [0.717, 1.165) is 17.7 Å². The fourth-order valence-electron chi connectivity index (χ4n) is 1.96. The van der Waals surface area contributed by atoms with Crippen LogP contribution in [0.3, 0.4) is 0 Å². The number of amides is 2. The van der Waals surface area contributed by atoms with Gasteiger partial charge in [-0.2, -0.15) is 0 Å². The molecule has 1 aromatic rings. The van der Waals surface area contributed by atoms with Gasteiger partial charge in [-0.3, -0.25) is 4.79 Å². The van der Waals surface area contributed by atoms with Crippen molar-refractivity contribution >= 4 is 17.7 Å². The lowest BCUT2D eigenvalue weighted by Gasteiger charge is -2.15. The molecule has 0 aliphatic rings. The molecule has 20 heavy (non-hydrogen) atoms. The molecule has 5 heteroatoms. The van der Waals surface area contributed by atoms with E-state index in [4.69, 9.17) is 5.11 Å². The molecule has 1 rings (SSSR count). The maximum absolute atomic E-state index is 11.8. The Morgan fingerprint density at radius 2 is 2.00 bits per heavy atom. The van der Waals surface area contributed by atoms with Crippen LogP contribution < -0.4 is 10.6 Å². The average molecular weight is 278 g/mol. The van der Waals surface area contributed by atoms with Crippen molar-refractivity contribution < 1.29 is 14.7 Å². The van der Waals surface area contributed by atoms with Crippen LogP contribution in [0.25, 0.3) is 0 Å². The van der Waals surface area contributed by atoms with Crippen molar-refractivity contribution in [1.82, 2.24) is 5.32 Å². The Morgan fingerprint density at radius 1 is 1.30 bits per heavy atom. The lowest BCUT2D eigenvalue weighted by Crippen LogP contribution is -2.36. The number of nitrogens with one attached hydrogen (secondary N) is 2. The average Bonchev–Trinajstić information content (AvgIpc) is 2.38. The zero-order valence-corrected chi connectivity index (χ0v) is 12.0. The zero-order valence-electron chi connectivity index (χ0n) is 12.0. The molecule has 0 fully saturated rings. The molecule has 0 spiro atoms. The van der Waals surface area contributed by atoms with Crippen molar-refractivity contribution in [2.75, 3.05) is 5.32 Å². The van der Waals surface area contributed by atoms with Crippen LogP contribution in [0.1, 0.15) is 38.7 Å². The van der Waals surface area contributed by atoms with E-state index in [1.165, 1.54) is 0 Å². The van der Waals surface area contributed by atoms with Gasteiger partial charge in [0.15, 0.2) is 0 Å². The lowest BCUT2D eigenvalue weighted by molar-refractivity contribution is -0.137. The number of para-hydroxylation sites is 1. The number of benzene rings is 1. The van der Waals surface area contributed by atoms with Crippen LogP contribution in [0.15, 0.2) is 24.3 Å². The van der Waals surface area contributed by atoms with Gasteiger partial charge in [0.1, 0.15) is 0 Å². The van der Waals surface area contributed by atoms with Crippen LogP contribution in [-0.4, -0.2) is 23.1 Å². The van der Waals surface area contributed by atoms with E-state index in [0.29, 0.717) is 12.8 Å². The quantitative estimate of drug-likeness (QED) is 0.717. The Balaban J connectivity index is 2.41. The summed E-state index contributed by atoms with van der Waals surface area (Å²) in [7, 11) is 0. The molecule has 1 unspecified atom stereocenters. The third-order valence-electron chi connectivity index (χ3n) is 3.05. The summed E-state index contributed by atoms with van der Waals surface area (Å²) in [6.45, 7) is 3.90. The zero-order chi connectivity index (χ0) is 15.0. The van der Waals surface area contributed by atoms with E-state index in [1.54, 1.807) is 0 Å². The largest absolute Gasteiger partial charge is 0.481 e. The molecule has 0 saturated heterocycles. The number of rotatable bonds is 7. The van der Waals surface area contributed by atoms with E-state index < -0.39 is 5.97 Å². The Kier molecular flexibility index (Phi) is 6.56. The minimum absolute atomic E-state index is 0.0526. The highest BCUT2D eigenvalue weighted by molar-refractivity contribution is 5.90. The molecule has 2 amide bonds. The molecule has 0 bridgehead atoms. The van der Waals surface area contributed by atoms with E-state index in [9.17, 15) is 9.59 Å². The van der Waals surface area contributed by atoms with Crippen LogP contribution >= 0.6 is 0 Å². The first-order chi connectivity index (χ1) is 9.52. The summed E-state index contributed by atoms with van der Waals surface area (Å²) < 4.78 is 0. The van der Waals surface area contributed by atoms with Crippen molar-refractivity contribution in [1.29, 1.82) is 0 Å². The van der Waals surface area contributed by atoms with Gasteiger partial charge >= 0.3 is 12.0 Å². The van der Waals surface area contributed by atoms with E-state index >= 15 is 0 Å². The van der Waals surface area contributed by atoms with Gasteiger partial charge < -0.3 is 15.7 Å². The summed E-state index contributed by atoms with van der Waals surface area (Å²) in [5, 5.41) is 14.2. The first kappa shape index (κ1) is 16.0. The van der Waals surface area contributed by atoms with Crippen molar-refractivity contribution in [3.63, 3.8) is 0 Å². The summed E-state index contributed by atoms with van der Waals surface area (Å²) in [5.41, 5.74) is 1.89. The Labute approximate surface area is 119 Å². The Hall–Kier alpha value is -2.04. The molecule has 0 aromatic heterocycles. The maximum atomic E-state index is 11.8. The SMILES string of the molecule is CCc1ccccc1NC(=O)NC(C)CCCC(=O)O. The van der Waals surface area contributed by atoms with Crippen molar-refractivity contribution in [3.05, 3.63) is 29.8 Å². The van der Waals surface area contributed by atoms with E-state index in [-0.39, 0.29) is 18.5 Å². The van der Waals surface area contributed by atoms with Crippen LogP contribution in [0.2, 0.25) is 0 Å². The number of hydrogen-bond donors (Lipinski definition) is 3. The summed E-state index contributed by atoms with van der Waals surface area (Å²) in [4.78, 5) is 22.3. The van der Waals surface area contributed by atoms with Gasteiger partial charge in [0.2, 0.25) is 0 Å². The molecular formula is C15H22N2O3. The molecule has 0 saturated carbocycles. The second-order valence-corrected chi connectivity index (χ2v) is 4.80. The Morgan fingerprint density at radius 3 is 2.65 bits per heavy atom. The van der Waals surface area contributed by atoms with Crippen molar-refractivity contribution in [2.24, 2.45) is 0 Å². The monoisotopic (exact) mass is 278 g/mol. The number of hydrogen-bond acceptors (Lipinski definition) is 2. The third-order valence-corrected chi connectivity index (χ3v) is 3.05. The molecule has 3 N–H and O–H groups in total. The smallest absolute Gasteiger partial charge is 0.319 e. The first-order valence-corrected chi connectivity index (χ1v) is 6.90. The van der Waals surface area contributed by atoms with Crippen molar-refractivity contribution in [2.45, 2.75) is 45.6 Å². The third kappa shape index (κ3) is 5.73. The minimum Gasteiger partial charge on any atom is -0.481 e. The molecule has 1 aromatic carbocycles. The highest BCUT2D eigenvalue weighted by Crippen LogP contribution is 2.15. The number of aliphatic carboxylic acids is 1. The molecule has 5 nitrogen and oxygen atoms in total. The summed E-state index contributed by atoms with van der Waals surface area (Å²) in [5.74, 6) is -0.807. The number of anilines is 1. The molecule has 110 valence electrons. The van der Waals surface area contributed by atoms with E-state index in [1.807, 2.05) is 38.1 Å². The van der Waals surface area contributed by atoms with Crippen LogP contribution in [0, 0.1) is 0 Å². The fraction of sp³-hybridized carbons (Fsp3) is 0.467. The lowest BCUT2D eigenvalue weighted by atomic mass is 10.1. The predicted octanol–water partition coefficient (Wildman–Crippen LogP) is 3.01. The van der Waals surface area contributed by atoms with Gasteiger partial charge in [0.05, 0.1) is 0 Å². The fourth-order valence-corrected chi connectivity index (χ4v) is 1.96. The van der Waals surface area contributed by atoms with Crippen LogP contribution in [0.4, 0.5) is 10.5 Å². The van der Waals surface area contributed by atoms with Crippen molar-refractivity contribution in [3.8, 4) is 0 Å². The second-order valence-electron chi connectivity index (χ2n) is 4.80. The topological polar surface area (TPSA) is 78.4 Å². The van der Waals surface area contributed by atoms with Gasteiger partial charge in [-0.15, -0.1) is 0 Å². The molecular weight excluding hydrogens is 256 g/mol. The Bertz CT molecular complexity index is 460. The predicted molar refractivity (Wildman–Crippen MR) is 78.9 cm³/mol. The highest BCUT2D eigenvalue weighted by atomic mass is 16.4. The maximum Gasteiger partial charge on any atom is 0.319 e. The van der Waals surface area contributed by atoms with Crippen LogP contribution in [0.5, 0.6) is 0 Å². The number of aryl methyl sites for hydroxylation is 1. The van der Waals surface area contributed by atoms with Crippen LogP contribution in [-0.2, 0) is 11.2 Å². The second kappa shape index (κ2) is 8.19. The van der Waals surface area contributed by atoms with Gasteiger partial charge in [-0.1, -0.05) is 25.1 Å². The number of carboxylic acids is 1. The van der Waals surface area contributed by atoms with Gasteiger partial charge in [-0.05, 0) is 37.8 Å². The molecule has 0 radical (unpaired) electrons. The highest BCUT2D eigenvalue weighted by Gasteiger charge is 2.09. The number of carbonyl (C=O) groups excluding carboxylic acids is 1. The van der Waals surface area contributed by atoms with Gasteiger partial charge in [0, 0.05) is 18.2 Å². The molecule has 1 atom stereocenters. The van der Waals surface area contributed by atoms with Gasteiger partial charge in [-0.25, -0.2) is 4.79 Å². The molecule has 0 heterocycles. The molecule has 0 aliphatic heterocycles. The number of urea groups is 1. The summed E-state index contributed by atoms with van der Waals surface area (Å²) >= 11 is 0. The number of carbonyl (C=O) groups is 2. The molecule has 0 aliphatic carbocycles. The summed E-state index contributed by atoms with van der Waals surface area (Å²) in [6.07, 6.45) is 2.19. The summed E-state index contributed by atoms with van der Waals surface area (Å²) in [6, 6.07) is 7.36. The van der Waals surface area contributed by atoms with E-state index in [2.05, 4.69) is 10.6 Å². The number of carboxylic acid groups (broad SMARTS) is 1. The normalized spacial score (nSPS) is 11.7. The minimum atomic E-state index is -0.807. The standard InChI is InChI=1S/C15H22N2O3/c1-3-12-8-4-5-9-13(12)17-15(20)16-11(2)7-6-10-14(18)19/h4-5,8-9,11H,3,6-7,10H2,1-2H3,(H,18,19)(H2,16,17,20).